The molecule has 2 heterocycles. The lowest BCUT2D eigenvalue weighted by Crippen LogP contribution is -2.21. The highest BCUT2D eigenvalue weighted by Crippen LogP contribution is 2.26. The monoisotopic (exact) mass is 347 g/mol. The van der Waals surface area contributed by atoms with Gasteiger partial charge < -0.3 is 5.11 Å². The predicted molar refractivity (Wildman–Crippen MR) is 97.0 cm³/mol. The van der Waals surface area contributed by atoms with E-state index in [4.69, 9.17) is 16.7 Å². The molecule has 0 saturated carbocycles. The Bertz CT molecular complexity index is 681. The van der Waals surface area contributed by atoms with E-state index in [1.54, 1.807) is 4.68 Å². The van der Waals surface area contributed by atoms with Gasteiger partial charge in [-0.2, -0.15) is 5.10 Å². The first-order valence-electron chi connectivity index (χ1n) is 8.72. The third kappa shape index (κ3) is 3.82. The smallest absolute Gasteiger partial charge is 0.131 e. The van der Waals surface area contributed by atoms with Crippen molar-refractivity contribution in [1.82, 2.24) is 14.7 Å². The second-order valence-electron chi connectivity index (χ2n) is 6.76. The number of aliphatic hydroxyl groups is 1. The maximum Gasteiger partial charge on any atom is 0.131 e. The lowest BCUT2D eigenvalue weighted by Gasteiger charge is -2.16. The van der Waals surface area contributed by atoms with Crippen LogP contribution in [0.25, 0.3) is 0 Å². The van der Waals surface area contributed by atoms with Gasteiger partial charge in [0.1, 0.15) is 5.15 Å². The second-order valence-corrected chi connectivity index (χ2v) is 7.12. The maximum atomic E-state index is 9.13. The fourth-order valence-electron chi connectivity index (χ4n) is 3.60. The number of hydrogen-bond acceptors (Lipinski definition) is 3. The first-order valence-corrected chi connectivity index (χ1v) is 9.09. The highest BCUT2D eigenvalue weighted by atomic mass is 35.5. The molecule has 5 heteroatoms. The van der Waals surface area contributed by atoms with E-state index in [1.807, 2.05) is 19.2 Å². The molecule has 1 aliphatic rings. The van der Waals surface area contributed by atoms with Gasteiger partial charge in [-0.3, -0.25) is 9.58 Å². The fourth-order valence-corrected chi connectivity index (χ4v) is 3.81. The highest BCUT2D eigenvalue weighted by molar-refractivity contribution is 6.30. The van der Waals surface area contributed by atoms with Crippen molar-refractivity contribution in [2.45, 2.75) is 39.3 Å². The highest BCUT2D eigenvalue weighted by Gasteiger charge is 2.25. The summed E-state index contributed by atoms with van der Waals surface area (Å²) in [6, 6.07) is 8.32. The van der Waals surface area contributed by atoms with Crippen LogP contribution in [-0.4, -0.2) is 32.9 Å². The average molecular weight is 348 g/mol. The SMILES string of the molecule is CCc1nn(C)c(Cl)c1CN1CCC(Cc2ccc(CO)cc2)C1. The number of benzene rings is 1. The molecule has 0 radical (unpaired) electrons. The average Bonchev–Trinajstić information content (AvgIpc) is 3.15. The van der Waals surface area contributed by atoms with Gasteiger partial charge in [0.25, 0.3) is 0 Å². The molecule has 0 bridgehead atoms. The van der Waals surface area contributed by atoms with Crippen molar-refractivity contribution in [1.29, 1.82) is 0 Å². The lowest BCUT2D eigenvalue weighted by molar-refractivity contribution is 0.282. The van der Waals surface area contributed by atoms with E-state index in [9.17, 15) is 0 Å². The van der Waals surface area contributed by atoms with E-state index in [-0.39, 0.29) is 6.61 Å². The molecule has 1 saturated heterocycles. The van der Waals surface area contributed by atoms with E-state index in [2.05, 4.69) is 29.1 Å². The van der Waals surface area contributed by atoms with Crippen molar-refractivity contribution >= 4 is 11.6 Å². The summed E-state index contributed by atoms with van der Waals surface area (Å²) in [7, 11) is 1.91. The molecule has 130 valence electrons. The van der Waals surface area contributed by atoms with E-state index in [1.165, 1.54) is 17.5 Å². The van der Waals surface area contributed by atoms with E-state index < -0.39 is 0 Å². The Hall–Kier alpha value is -1.36. The number of aromatic nitrogens is 2. The summed E-state index contributed by atoms with van der Waals surface area (Å²) in [5.41, 5.74) is 4.64. The van der Waals surface area contributed by atoms with Crippen LogP contribution in [0.4, 0.5) is 0 Å². The zero-order valence-electron chi connectivity index (χ0n) is 14.5. The topological polar surface area (TPSA) is 41.3 Å². The summed E-state index contributed by atoms with van der Waals surface area (Å²) in [4.78, 5) is 2.49. The minimum atomic E-state index is 0.114. The Morgan fingerprint density at radius 2 is 1.96 bits per heavy atom. The zero-order valence-corrected chi connectivity index (χ0v) is 15.3. The lowest BCUT2D eigenvalue weighted by atomic mass is 9.98. The van der Waals surface area contributed by atoms with Gasteiger partial charge in [-0.05, 0) is 42.9 Å². The summed E-state index contributed by atoms with van der Waals surface area (Å²) < 4.78 is 1.78. The molecule has 1 aromatic carbocycles. The zero-order chi connectivity index (χ0) is 17.1. The molecule has 1 unspecified atom stereocenters. The molecule has 24 heavy (non-hydrogen) atoms. The fraction of sp³-hybridized carbons (Fsp3) is 0.526. The molecule has 1 aliphatic heterocycles. The standard InChI is InChI=1S/C19H26ClN3O/c1-3-18-17(19(20)22(2)21-18)12-23-9-8-16(11-23)10-14-4-6-15(13-24)7-5-14/h4-7,16,24H,3,8-13H2,1-2H3. The Morgan fingerprint density at radius 3 is 2.62 bits per heavy atom. The predicted octanol–water partition coefficient (Wildman–Crippen LogP) is 3.19. The van der Waals surface area contributed by atoms with Crippen molar-refractivity contribution in [3.05, 3.63) is 51.8 Å². The van der Waals surface area contributed by atoms with Crippen LogP contribution < -0.4 is 0 Å². The van der Waals surface area contributed by atoms with Gasteiger partial charge in [0, 0.05) is 25.7 Å². The molecular formula is C19H26ClN3O. The van der Waals surface area contributed by atoms with Gasteiger partial charge in [-0.1, -0.05) is 42.8 Å². The van der Waals surface area contributed by atoms with Crippen molar-refractivity contribution < 1.29 is 5.11 Å². The summed E-state index contributed by atoms with van der Waals surface area (Å²) in [6.07, 6.45) is 3.25. The van der Waals surface area contributed by atoms with Crippen LogP contribution in [0.5, 0.6) is 0 Å². The van der Waals surface area contributed by atoms with Gasteiger partial charge >= 0.3 is 0 Å². The minimum Gasteiger partial charge on any atom is -0.392 e. The van der Waals surface area contributed by atoms with Crippen LogP contribution in [0.1, 0.15) is 35.7 Å². The quantitative estimate of drug-likeness (QED) is 0.872. The molecule has 4 nitrogen and oxygen atoms in total. The molecule has 1 fully saturated rings. The molecule has 1 N–H and O–H groups in total. The number of nitrogens with zero attached hydrogens (tertiary/aromatic N) is 3. The molecule has 1 aromatic heterocycles. The first-order chi connectivity index (χ1) is 11.6. The summed E-state index contributed by atoms with van der Waals surface area (Å²) >= 11 is 6.42. The van der Waals surface area contributed by atoms with Crippen molar-refractivity contribution in [2.24, 2.45) is 13.0 Å². The molecule has 0 aliphatic carbocycles. The summed E-state index contributed by atoms with van der Waals surface area (Å²) in [6.45, 7) is 5.37. The van der Waals surface area contributed by atoms with Crippen LogP contribution in [-0.2, 0) is 33.0 Å². The number of likely N-dealkylation sites (tertiary alicyclic amines) is 1. The van der Waals surface area contributed by atoms with Gasteiger partial charge in [-0.15, -0.1) is 0 Å². The summed E-state index contributed by atoms with van der Waals surface area (Å²) in [5, 5.41) is 14.4. The van der Waals surface area contributed by atoms with E-state index in [0.717, 1.165) is 48.9 Å². The molecular weight excluding hydrogens is 322 g/mol. The van der Waals surface area contributed by atoms with Gasteiger partial charge in [0.2, 0.25) is 0 Å². The largest absolute Gasteiger partial charge is 0.392 e. The normalized spacial score (nSPS) is 18.4. The van der Waals surface area contributed by atoms with Crippen LogP contribution in [0.15, 0.2) is 24.3 Å². The minimum absolute atomic E-state index is 0.114. The van der Waals surface area contributed by atoms with Crippen molar-refractivity contribution in [3.63, 3.8) is 0 Å². The number of halogens is 1. The van der Waals surface area contributed by atoms with Gasteiger partial charge in [-0.25, -0.2) is 0 Å². The van der Waals surface area contributed by atoms with Crippen LogP contribution in [0.2, 0.25) is 5.15 Å². The second kappa shape index (κ2) is 7.68. The molecule has 1 atom stereocenters. The number of rotatable bonds is 6. The first kappa shape index (κ1) is 17.5. The number of aliphatic hydroxyl groups excluding tert-OH is 1. The summed E-state index contributed by atoms with van der Waals surface area (Å²) in [5.74, 6) is 0.686. The Labute approximate surface area is 149 Å². The van der Waals surface area contributed by atoms with Crippen molar-refractivity contribution in [2.75, 3.05) is 13.1 Å². The van der Waals surface area contributed by atoms with Crippen molar-refractivity contribution in [3.8, 4) is 0 Å². The molecule has 3 rings (SSSR count). The van der Waals surface area contributed by atoms with Gasteiger partial charge in [0.15, 0.2) is 0 Å². The molecule has 2 aromatic rings. The van der Waals surface area contributed by atoms with E-state index >= 15 is 0 Å². The molecule has 0 amide bonds. The Morgan fingerprint density at radius 1 is 1.25 bits per heavy atom. The van der Waals surface area contributed by atoms with Crippen LogP contribution in [0, 0.1) is 5.92 Å². The number of aryl methyl sites for hydroxylation is 2. The number of hydrogen-bond donors (Lipinski definition) is 1. The van der Waals surface area contributed by atoms with Crippen LogP contribution in [0.3, 0.4) is 0 Å². The Kier molecular flexibility index (Phi) is 5.59. The molecule has 0 spiro atoms. The maximum absolute atomic E-state index is 9.13. The third-order valence-corrected chi connectivity index (χ3v) is 5.44. The van der Waals surface area contributed by atoms with E-state index in [0.29, 0.717) is 5.92 Å². The Balaban J connectivity index is 1.59. The van der Waals surface area contributed by atoms with Crippen LogP contribution >= 0.6 is 11.6 Å². The van der Waals surface area contributed by atoms with Gasteiger partial charge in [0.05, 0.1) is 12.3 Å². The third-order valence-electron chi connectivity index (χ3n) is 4.97.